The molecule has 0 saturated heterocycles. The summed E-state index contributed by atoms with van der Waals surface area (Å²) in [6.07, 6.45) is 4.91. The number of aromatic nitrogens is 1. The molecule has 156 valence electrons. The fraction of sp³-hybridized carbons (Fsp3) is 0.261. The monoisotopic (exact) mass is 423 g/mol. The zero-order valence-corrected chi connectivity index (χ0v) is 17.3. The maximum absolute atomic E-state index is 12.0. The lowest BCUT2D eigenvalue weighted by Gasteiger charge is -2.28. The second-order valence-electron chi connectivity index (χ2n) is 7.53. The van der Waals surface area contributed by atoms with E-state index in [0.717, 1.165) is 41.3 Å². The van der Waals surface area contributed by atoms with Crippen LogP contribution in [0.3, 0.4) is 0 Å². The van der Waals surface area contributed by atoms with Crippen LogP contribution in [0.25, 0.3) is 5.69 Å². The van der Waals surface area contributed by atoms with Crippen LogP contribution < -0.4 is 11.1 Å². The molecule has 4 rings (SSSR count). The summed E-state index contributed by atoms with van der Waals surface area (Å²) in [5, 5.41) is 24.3. The van der Waals surface area contributed by atoms with Gasteiger partial charge in [0.2, 0.25) is 0 Å². The highest BCUT2D eigenvalue weighted by Crippen LogP contribution is 2.36. The molecule has 0 unspecified atom stereocenters. The minimum Gasteiger partial charge on any atom is -0.507 e. The van der Waals surface area contributed by atoms with Crippen molar-refractivity contribution in [1.82, 2.24) is 4.57 Å². The highest BCUT2D eigenvalue weighted by Gasteiger charge is 2.21. The fourth-order valence-electron chi connectivity index (χ4n) is 3.77. The Kier molecular flexibility index (Phi) is 6.01. The molecule has 5 N–H and O–H groups in total. The van der Waals surface area contributed by atoms with Crippen LogP contribution in [0, 0.1) is 0 Å². The molecule has 1 amide bonds. The van der Waals surface area contributed by atoms with E-state index in [1.807, 2.05) is 47.2 Å². The summed E-state index contributed by atoms with van der Waals surface area (Å²) in [7, 11) is 0. The van der Waals surface area contributed by atoms with Crippen molar-refractivity contribution in [3.63, 3.8) is 0 Å². The minimum atomic E-state index is -0.476. The maximum Gasteiger partial charge on any atom is 0.250 e. The normalized spacial score (nSPS) is 18.8. The van der Waals surface area contributed by atoms with Gasteiger partial charge in [0, 0.05) is 23.6 Å². The second-order valence-corrected chi connectivity index (χ2v) is 8.59. The number of para-hydroxylation sites is 1. The van der Waals surface area contributed by atoms with Gasteiger partial charge in [0.1, 0.15) is 5.75 Å². The standard InChI is InChI=1S/C23H25N3O3S/c24-23(29)18-12-9-16(14-19(18)25-15-7-10-17(27)11-8-15)26-13-3-6-22(26)30-21-5-2-1-4-20(21)28/h1-6,9,12-15,17,25,27-28H,7-8,10-11H2,(H2,24,29)/t15-,17-. The van der Waals surface area contributed by atoms with Gasteiger partial charge < -0.3 is 25.8 Å². The number of anilines is 1. The predicted molar refractivity (Wildman–Crippen MR) is 118 cm³/mol. The molecular weight excluding hydrogens is 398 g/mol. The van der Waals surface area contributed by atoms with E-state index >= 15 is 0 Å². The summed E-state index contributed by atoms with van der Waals surface area (Å²) in [5.41, 5.74) is 7.64. The van der Waals surface area contributed by atoms with E-state index in [2.05, 4.69) is 5.32 Å². The number of nitrogens with one attached hydrogen (secondary N) is 1. The summed E-state index contributed by atoms with van der Waals surface area (Å²) in [5.74, 6) is -0.239. The van der Waals surface area contributed by atoms with Crippen molar-refractivity contribution >= 4 is 23.4 Å². The highest BCUT2D eigenvalue weighted by molar-refractivity contribution is 7.99. The Labute approximate surface area is 179 Å². The van der Waals surface area contributed by atoms with Gasteiger partial charge in [-0.3, -0.25) is 4.79 Å². The first kappa shape index (κ1) is 20.4. The molecule has 7 heteroatoms. The number of aliphatic hydroxyl groups excluding tert-OH is 1. The molecule has 0 bridgehead atoms. The number of phenolic OH excluding ortho intramolecular Hbond substituents is 1. The van der Waals surface area contributed by atoms with Gasteiger partial charge in [0.05, 0.1) is 21.6 Å². The third-order valence-electron chi connectivity index (χ3n) is 5.39. The van der Waals surface area contributed by atoms with Crippen LogP contribution in [0.2, 0.25) is 0 Å². The van der Waals surface area contributed by atoms with Crippen LogP contribution in [0.5, 0.6) is 5.75 Å². The minimum absolute atomic E-state index is 0.196. The number of primary amides is 1. The summed E-state index contributed by atoms with van der Waals surface area (Å²) < 4.78 is 2.01. The Bertz CT molecular complexity index is 1040. The number of hydrogen-bond acceptors (Lipinski definition) is 5. The molecule has 0 spiro atoms. The number of nitrogens with zero attached hydrogens (tertiary/aromatic N) is 1. The van der Waals surface area contributed by atoms with Gasteiger partial charge in [-0.05, 0) is 68.1 Å². The zero-order valence-electron chi connectivity index (χ0n) is 16.5. The number of carbonyl (C=O) groups excluding carboxylic acids is 1. The Hall–Kier alpha value is -2.90. The summed E-state index contributed by atoms with van der Waals surface area (Å²) in [4.78, 5) is 12.7. The molecular formula is C23H25N3O3S. The van der Waals surface area contributed by atoms with Crippen molar-refractivity contribution < 1.29 is 15.0 Å². The summed E-state index contributed by atoms with van der Waals surface area (Å²) in [6, 6.07) is 16.9. The van der Waals surface area contributed by atoms with E-state index in [9.17, 15) is 15.0 Å². The zero-order chi connectivity index (χ0) is 21.1. The van der Waals surface area contributed by atoms with Crippen molar-refractivity contribution in [1.29, 1.82) is 0 Å². The first-order chi connectivity index (χ1) is 14.5. The number of phenols is 1. The van der Waals surface area contributed by atoms with Gasteiger partial charge in [-0.1, -0.05) is 23.9 Å². The van der Waals surface area contributed by atoms with Gasteiger partial charge >= 0.3 is 0 Å². The highest BCUT2D eigenvalue weighted by atomic mass is 32.2. The van der Waals surface area contributed by atoms with Crippen molar-refractivity contribution in [3.8, 4) is 11.4 Å². The van der Waals surface area contributed by atoms with Gasteiger partial charge in [-0.2, -0.15) is 0 Å². The summed E-state index contributed by atoms with van der Waals surface area (Å²) >= 11 is 1.47. The Morgan fingerprint density at radius 2 is 1.83 bits per heavy atom. The number of aromatic hydroxyl groups is 1. The Morgan fingerprint density at radius 3 is 2.57 bits per heavy atom. The quantitative estimate of drug-likeness (QED) is 0.477. The van der Waals surface area contributed by atoms with Crippen LogP contribution in [-0.4, -0.2) is 32.8 Å². The third kappa shape index (κ3) is 4.47. The maximum atomic E-state index is 12.0. The Balaban J connectivity index is 1.63. The number of carbonyl (C=O) groups is 1. The number of aliphatic hydroxyl groups is 1. The molecule has 6 nitrogen and oxygen atoms in total. The first-order valence-corrected chi connectivity index (χ1v) is 10.8. The number of amides is 1. The Morgan fingerprint density at radius 1 is 1.07 bits per heavy atom. The molecule has 1 aromatic heterocycles. The third-order valence-corrected chi connectivity index (χ3v) is 6.50. The van der Waals surface area contributed by atoms with E-state index in [4.69, 9.17) is 5.73 Å². The van der Waals surface area contributed by atoms with Gasteiger partial charge in [-0.15, -0.1) is 0 Å². The summed E-state index contributed by atoms with van der Waals surface area (Å²) in [6.45, 7) is 0. The van der Waals surface area contributed by atoms with Crippen molar-refractivity contribution in [2.45, 2.75) is 47.8 Å². The molecule has 0 aliphatic heterocycles. The predicted octanol–water partition coefficient (Wildman–Crippen LogP) is 4.15. The van der Waals surface area contributed by atoms with E-state index < -0.39 is 5.91 Å². The first-order valence-electron chi connectivity index (χ1n) is 10.0. The van der Waals surface area contributed by atoms with E-state index in [1.165, 1.54) is 11.8 Å². The smallest absolute Gasteiger partial charge is 0.250 e. The van der Waals surface area contributed by atoms with E-state index in [0.29, 0.717) is 11.3 Å². The lowest BCUT2D eigenvalue weighted by molar-refractivity contribution is 0.100. The van der Waals surface area contributed by atoms with Gasteiger partial charge in [0.15, 0.2) is 0 Å². The van der Waals surface area contributed by atoms with Crippen LogP contribution in [0.15, 0.2) is 70.7 Å². The second kappa shape index (κ2) is 8.85. The average Bonchev–Trinajstić information content (AvgIpc) is 3.19. The van der Waals surface area contributed by atoms with Crippen molar-refractivity contribution in [3.05, 3.63) is 66.4 Å². The van der Waals surface area contributed by atoms with Crippen LogP contribution >= 0.6 is 11.8 Å². The van der Waals surface area contributed by atoms with E-state index in [1.54, 1.807) is 18.2 Å². The fourth-order valence-corrected chi connectivity index (χ4v) is 4.73. The number of nitrogens with two attached hydrogens (primary N) is 1. The molecule has 1 saturated carbocycles. The topological polar surface area (TPSA) is 101 Å². The average molecular weight is 424 g/mol. The number of benzene rings is 2. The molecule has 1 fully saturated rings. The molecule has 0 atom stereocenters. The van der Waals surface area contributed by atoms with Gasteiger partial charge in [0.25, 0.3) is 5.91 Å². The molecule has 0 radical (unpaired) electrons. The van der Waals surface area contributed by atoms with Crippen LogP contribution in [0.1, 0.15) is 36.0 Å². The van der Waals surface area contributed by atoms with Gasteiger partial charge in [-0.25, -0.2) is 0 Å². The van der Waals surface area contributed by atoms with Crippen molar-refractivity contribution in [2.24, 2.45) is 5.73 Å². The largest absolute Gasteiger partial charge is 0.507 e. The molecule has 3 aromatic rings. The van der Waals surface area contributed by atoms with Crippen LogP contribution in [0.4, 0.5) is 5.69 Å². The van der Waals surface area contributed by atoms with E-state index in [-0.39, 0.29) is 17.9 Å². The number of hydrogen-bond donors (Lipinski definition) is 4. The molecule has 2 aromatic carbocycles. The molecule has 1 aliphatic rings. The number of rotatable bonds is 6. The lowest BCUT2D eigenvalue weighted by Crippen LogP contribution is -2.29. The molecule has 30 heavy (non-hydrogen) atoms. The SMILES string of the molecule is NC(=O)c1ccc(-n2cccc2Sc2ccccc2O)cc1N[C@H]1CC[C@H](O)CC1. The lowest BCUT2D eigenvalue weighted by atomic mass is 9.92. The molecule has 1 aliphatic carbocycles. The molecule has 1 heterocycles. The van der Waals surface area contributed by atoms with Crippen molar-refractivity contribution in [2.75, 3.05) is 5.32 Å². The van der Waals surface area contributed by atoms with Crippen LogP contribution in [-0.2, 0) is 0 Å².